The smallest absolute Gasteiger partial charge is 0.326 e. The Labute approximate surface area is 125 Å². The lowest BCUT2D eigenvalue weighted by Gasteiger charge is -2.32. The van der Waals surface area contributed by atoms with Gasteiger partial charge in [0.2, 0.25) is 5.91 Å². The Balaban J connectivity index is 2.73. The summed E-state index contributed by atoms with van der Waals surface area (Å²) in [6.07, 6.45) is 3.05. The monoisotopic (exact) mass is 299 g/mol. The number of urea groups is 1. The van der Waals surface area contributed by atoms with E-state index in [0.717, 1.165) is 19.3 Å². The van der Waals surface area contributed by atoms with Crippen molar-refractivity contribution in [3.8, 4) is 0 Å². The Kier molecular flexibility index (Phi) is 6.45. The summed E-state index contributed by atoms with van der Waals surface area (Å²) in [5, 5.41) is 11.8. The number of hydrogen-bond donors (Lipinski definition) is 2. The first kappa shape index (κ1) is 17.3. The zero-order valence-electron chi connectivity index (χ0n) is 13.0. The first-order valence-electron chi connectivity index (χ1n) is 7.34. The van der Waals surface area contributed by atoms with Crippen molar-refractivity contribution in [1.29, 1.82) is 0 Å². The van der Waals surface area contributed by atoms with Gasteiger partial charge in [-0.05, 0) is 12.8 Å². The lowest BCUT2D eigenvalue weighted by atomic mass is 10.1. The maximum Gasteiger partial charge on any atom is 0.326 e. The van der Waals surface area contributed by atoms with E-state index in [-0.39, 0.29) is 24.4 Å². The van der Waals surface area contributed by atoms with Crippen LogP contribution in [-0.4, -0.2) is 66.0 Å². The van der Waals surface area contributed by atoms with E-state index in [9.17, 15) is 19.5 Å². The molecule has 3 amide bonds. The molecule has 0 aromatic rings. The quantitative estimate of drug-likeness (QED) is 0.801. The lowest BCUT2D eigenvalue weighted by molar-refractivity contribution is -0.142. The molecule has 0 aromatic heterocycles. The van der Waals surface area contributed by atoms with Crippen LogP contribution in [0, 0.1) is 5.92 Å². The van der Waals surface area contributed by atoms with Gasteiger partial charge in [0.05, 0.1) is 5.92 Å². The minimum absolute atomic E-state index is 0.139. The fraction of sp³-hybridized carbons (Fsp3) is 0.786. The molecule has 0 saturated carbocycles. The third-order valence-corrected chi connectivity index (χ3v) is 3.85. The van der Waals surface area contributed by atoms with E-state index >= 15 is 0 Å². The average molecular weight is 299 g/mol. The van der Waals surface area contributed by atoms with Gasteiger partial charge in [0, 0.05) is 27.2 Å². The molecular formula is C14H25N3O4. The van der Waals surface area contributed by atoms with E-state index in [2.05, 4.69) is 5.32 Å². The zero-order chi connectivity index (χ0) is 16.0. The summed E-state index contributed by atoms with van der Waals surface area (Å²) in [5.41, 5.74) is 0. The van der Waals surface area contributed by atoms with E-state index in [1.165, 1.54) is 9.80 Å². The number of carbonyl (C=O) groups is 3. The largest absolute Gasteiger partial charge is 0.480 e. The molecule has 0 radical (unpaired) electrons. The lowest BCUT2D eigenvalue weighted by Crippen LogP contribution is -2.51. The number of nitrogens with one attached hydrogen (secondary N) is 1. The van der Waals surface area contributed by atoms with Crippen LogP contribution >= 0.6 is 0 Å². The van der Waals surface area contributed by atoms with Gasteiger partial charge in [-0.1, -0.05) is 19.8 Å². The number of carboxylic acid groups (broad SMARTS) is 1. The molecule has 7 heteroatoms. The third kappa shape index (κ3) is 4.61. The third-order valence-electron chi connectivity index (χ3n) is 3.85. The molecule has 0 bridgehead atoms. The predicted octanol–water partition coefficient (Wildman–Crippen LogP) is 0.750. The van der Waals surface area contributed by atoms with Crippen molar-refractivity contribution >= 4 is 17.9 Å². The second kappa shape index (κ2) is 7.85. The molecule has 7 nitrogen and oxygen atoms in total. The van der Waals surface area contributed by atoms with E-state index in [4.69, 9.17) is 0 Å². The Morgan fingerprint density at radius 2 is 2.00 bits per heavy atom. The number of nitrogens with zero attached hydrogens (tertiary/aromatic N) is 2. The van der Waals surface area contributed by atoms with Gasteiger partial charge in [-0.25, -0.2) is 9.59 Å². The second-order valence-electron chi connectivity index (χ2n) is 5.58. The molecule has 1 saturated heterocycles. The molecule has 2 atom stereocenters. The first-order chi connectivity index (χ1) is 9.88. The van der Waals surface area contributed by atoms with Crippen LogP contribution in [0.4, 0.5) is 4.79 Å². The molecule has 2 N–H and O–H groups in total. The molecule has 21 heavy (non-hydrogen) atoms. The van der Waals surface area contributed by atoms with Crippen molar-refractivity contribution in [3.63, 3.8) is 0 Å². The van der Waals surface area contributed by atoms with Gasteiger partial charge in [-0.2, -0.15) is 0 Å². The van der Waals surface area contributed by atoms with Crippen molar-refractivity contribution in [3.05, 3.63) is 0 Å². The maximum absolute atomic E-state index is 12.5. The van der Waals surface area contributed by atoms with Crippen molar-refractivity contribution in [2.45, 2.75) is 38.6 Å². The van der Waals surface area contributed by atoms with Crippen molar-refractivity contribution in [2.24, 2.45) is 5.92 Å². The highest BCUT2D eigenvalue weighted by Crippen LogP contribution is 2.18. The highest BCUT2D eigenvalue weighted by molar-refractivity contribution is 5.83. The fourth-order valence-corrected chi connectivity index (χ4v) is 2.63. The molecule has 120 valence electrons. The second-order valence-corrected chi connectivity index (χ2v) is 5.58. The highest BCUT2D eigenvalue weighted by atomic mass is 16.4. The Morgan fingerprint density at radius 3 is 2.57 bits per heavy atom. The molecule has 0 spiro atoms. The maximum atomic E-state index is 12.5. The van der Waals surface area contributed by atoms with Crippen LogP contribution in [0.25, 0.3) is 0 Å². The van der Waals surface area contributed by atoms with Crippen LogP contribution in [0.3, 0.4) is 0 Å². The number of hydrogen-bond acceptors (Lipinski definition) is 3. The van der Waals surface area contributed by atoms with Crippen LogP contribution < -0.4 is 5.32 Å². The van der Waals surface area contributed by atoms with Crippen LogP contribution in [0.2, 0.25) is 0 Å². The standard InChI is InChI=1S/C14H25N3O4/c1-10(12(18)15-2)9-16(3)14(21)17-8-6-4-5-7-11(17)13(19)20/h10-11H,4-9H2,1-3H3,(H,15,18)(H,19,20). The van der Waals surface area contributed by atoms with Gasteiger partial charge in [-0.15, -0.1) is 0 Å². The number of carbonyl (C=O) groups excluding carboxylic acids is 2. The van der Waals surface area contributed by atoms with Crippen molar-refractivity contribution < 1.29 is 19.5 Å². The van der Waals surface area contributed by atoms with Crippen molar-refractivity contribution in [1.82, 2.24) is 15.1 Å². The number of carboxylic acids is 1. The molecule has 1 aliphatic rings. The number of rotatable bonds is 4. The van der Waals surface area contributed by atoms with Gasteiger partial charge in [0.1, 0.15) is 6.04 Å². The van der Waals surface area contributed by atoms with Crippen LogP contribution in [0.15, 0.2) is 0 Å². The van der Waals surface area contributed by atoms with Gasteiger partial charge in [0.25, 0.3) is 0 Å². The molecule has 1 heterocycles. The summed E-state index contributed by atoms with van der Waals surface area (Å²) in [5.74, 6) is -1.43. The minimum Gasteiger partial charge on any atom is -0.480 e. The molecule has 0 aromatic carbocycles. The molecule has 1 aliphatic heterocycles. The fourth-order valence-electron chi connectivity index (χ4n) is 2.63. The molecule has 1 fully saturated rings. The van der Waals surface area contributed by atoms with E-state index in [1.54, 1.807) is 21.0 Å². The SMILES string of the molecule is CNC(=O)C(C)CN(C)C(=O)N1CCCCCC1C(=O)O. The van der Waals surface area contributed by atoms with Gasteiger partial charge < -0.3 is 20.2 Å². The predicted molar refractivity (Wildman–Crippen MR) is 77.9 cm³/mol. The Morgan fingerprint density at radius 1 is 1.33 bits per heavy atom. The minimum atomic E-state index is -0.960. The summed E-state index contributed by atoms with van der Waals surface area (Å²) in [7, 11) is 3.15. The van der Waals surface area contributed by atoms with E-state index in [1.807, 2.05) is 0 Å². The highest BCUT2D eigenvalue weighted by Gasteiger charge is 2.32. The topological polar surface area (TPSA) is 90.0 Å². The van der Waals surface area contributed by atoms with Crippen molar-refractivity contribution in [2.75, 3.05) is 27.2 Å². The number of aliphatic carboxylic acids is 1. The molecule has 1 rings (SSSR count). The number of likely N-dealkylation sites (tertiary alicyclic amines) is 1. The number of amides is 3. The molecule has 2 unspecified atom stereocenters. The summed E-state index contributed by atoms with van der Waals surface area (Å²) >= 11 is 0. The van der Waals surface area contributed by atoms with Crippen LogP contribution in [-0.2, 0) is 9.59 Å². The molecular weight excluding hydrogens is 274 g/mol. The Bertz CT molecular complexity index is 400. The molecule has 0 aliphatic carbocycles. The van der Waals surface area contributed by atoms with E-state index in [0.29, 0.717) is 13.0 Å². The normalized spacial score (nSPS) is 20.3. The summed E-state index contributed by atoms with van der Waals surface area (Å²) in [6, 6.07) is -1.09. The van der Waals surface area contributed by atoms with E-state index < -0.39 is 12.0 Å². The van der Waals surface area contributed by atoms with Crippen LogP contribution in [0.5, 0.6) is 0 Å². The average Bonchev–Trinajstić information content (AvgIpc) is 2.70. The zero-order valence-corrected chi connectivity index (χ0v) is 13.0. The van der Waals surface area contributed by atoms with Gasteiger partial charge in [0.15, 0.2) is 0 Å². The van der Waals surface area contributed by atoms with Gasteiger partial charge >= 0.3 is 12.0 Å². The van der Waals surface area contributed by atoms with Crippen LogP contribution in [0.1, 0.15) is 32.6 Å². The van der Waals surface area contributed by atoms with Gasteiger partial charge in [-0.3, -0.25) is 4.79 Å². The Hall–Kier alpha value is -1.79. The summed E-state index contributed by atoms with van der Waals surface area (Å²) in [6.45, 7) is 2.45. The summed E-state index contributed by atoms with van der Waals surface area (Å²) in [4.78, 5) is 38.2. The first-order valence-corrected chi connectivity index (χ1v) is 7.34. The summed E-state index contributed by atoms with van der Waals surface area (Å²) < 4.78 is 0.